The highest BCUT2D eigenvalue weighted by molar-refractivity contribution is 6.00. The zero-order valence-electron chi connectivity index (χ0n) is 10.8. The molecule has 2 aromatic rings. The molecule has 1 amide bonds. The predicted octanol–water partition coefficient (Wildman–Crippen LogP) is 3.58. The maximum absolute atomic E-state index is 11.6. The molecule has 0 saturated heterocycles. The molecule has 0 aromatic heterocycles. The number of para-hydroxylation sites is 1. The van der Waals surface area contributed by atoms with Gasteiger partial charge in [0, 0.05) is 24.1 Å². The van der Waals surface area contributed by atoms with Crippen molar-refractivity contribution in [3.8, 4) is 0 Å². The Morgan fingerprint density at radius 1 is 1.11 bits per heavy atom. The van der Waals surface area contributed by atoms with Gasteiger partial charge in [-0.05, 0) is 36.4 Å². The third-order valence-electron chi connectivity index (χ3n) is 2.80. The van der Waals surface area contributed by atoms with Crippen molar-refractivity contribution in [3.63, 3.8) is 0 Å². The summed E-state index contributed by atoms with van der Waals surface area (Å²) < 4.78 is 0. The summed E-state index contributed by atoms with van der Waals surface area (Å²) in [5.74, 6) is -0.128. The van der Waals surface area contributed by atoms with Crippen LogP contribution in [0.2, 0.25) is 0 Å². The van der Waals surface area contributed by atoms with Crippen LogP contribution in [0.1, 0.15) is 0 Å². The summed E-state index contributed by atoms with van der Waals surface area (Å²) in [6, 6.07) is 17.6. The fourth-order valence-corrected chi connectivity index (χ4v) is 1.74. The molecule has 3 heteroatoms. The minimum absolute atomic E-state index is 0.128. The van der Waals surface area contributed by atoms with Crippen LogP contribution in [-0.2, 0) is 4.79 Å². The van der Waals surface area contributed by atoms with Gasteiger partial charge in [-0.1, -0.05) is 30.8 Å². The first-order chi connectivity index (χ1) is 9.20. The Morgan fingerprint density at radius 3 is 2.47 bits per heavy atom. The molecule has 96 valence electrons. The molecule has 3 nitrogen and oxygen atoms in total. The quantitative estimate of drug-likeness (QED) is 0.843. The van der Waals surface area contributed by atoms with Crippen LogP contribution in [0.4, 0.5) is 17.1 Å². The highest BCUT2D eigenvalue weighted by Gasteiger charge is 2.07. The maximum atomic E-state index is 11.6. The molecule has 0 bridgehead atoms. The van der Waals surface area contributed by atoms with E-state index in [1.54, 1.807) is 11.9 Å². The minimum Gasteiger partial charge on any atom is -0.355 e. The SMILES string of the molecule is C=CC(=O)N(C)c1cccc(Nc2ccccc2)c1. The monoisotopic (exact) mass is 252 g/mol. The van der Waals surface area contributed by atoms with E-state index in [4.69, 9.17) is 0 Å². The molecule has 1 N–H and O–H groups in total. The normalized spacial score (nSPS) is 9.74. The van der Waals surface area contributed by atoms with E-state index >= 15 is 0 Å². The van der Waals surface area contributed by atoms with Crippen molar-refractivity contribution < 1.29 is 4.79 Å². The molecule has 19 heavy (non-hydrogen) atoms. The van der Waals surface area contributed by atoms with Gasteiger partial charge in [0.15, 0.2) is 0 Å². The van der Waals surface area contributed by atoms with Gasteiger partial charge in [0.1, 0.15) is 0 Å². The molecule has 0 unspecified atom stereocenters. The van der Waals surface area contributed by atoms with Gasteiger partial charge in [-0.2, -0.15) is 0 Å². The van der Waals surface area contributed by atoms with Crippen LogP contribution in [-0.4, -0.2) is 13.0 Å². The third kappa shape index (κ3) is 3.22. The molecular formula is C16H16N2O. The fourth-order valence-electron chi connectivity index (χ4n) is 1.74. The first-order valence-corrected chi connectivity index (χ1v) is 6.03. The van der Waals surface area contributed by atoms with Crippen LogP contribution < -0.4 is 10.2 Å². The van der Waals surface area contributed by atoms with Gasteiger partial charge >= 0.3 is 0 Å². The van der Waals surface area contributed by atoms with E-state index in [2.05, 4.69) is 11.9 Å². The Morgan fingerprint density at radius 2 is 1.79 bits per heavy atom. The van der Waals surface area contributed by atoms with E-state index in [1.807, 2.05) is 54.6 Å². The second-order valence-electron chi connectivity index (χ2n) is 4.14. The van der Waals surface area contributed by atoms with E-state index in [1.165, 1.54) is 6.08 Å². The lowest BCUT2D eigenvalue weighted by molar-refractivity contribution is -0.113. The Hall–Kier alpha value is -2.55. The van der Waals surface area contributed by atoms with Gasteiger partial charge in [-0.25, -0.2) is 0 Å². The molecule has 0 atom stereocenters. The lowest BCUT2D eigenvalue weighted by atomic mass is 10.2. The van der Waals surface area contributed by atoms with Crippen molar-refractivity contribution >= 4 is 23.0 Å². The van der Waals surface area contributed by atoms with Crippen molar-refractivity contribution in [3.05, 3.63) is 67.3 Å². The summed E-state index contributed by atoms with van der Waals surface area (Å²) >= 11 is 0. The van der Waals surface area contributed by atoms with Crippen LogP contribution in [0, 0.1) is 0 Å². The molecule has 0 fully saturated rings. The third-order valence-corrected chi connectivity index (χ3v) is 2.80. The number of amides is 1. The number of benzene rings is 2. The summed E-state index contributed by atoms with van der Waals surface area (Å²) in [6.45, 7) is 3.49. The number of rotatable bonds is 4. The molecule has 0 saturated carbocycles. The van der Waals surface area contributed by atoms with Gasteiger partial charge in [-0.3, -0.25) is 4.79 Å². The number of hydrogen-bond acceptors (Lipinski definition) is 2. The molecule has 0 spiro atoms. The van der Waals surface area contributed by atoms with Crippen LogP contribution in [0.25, 0.3) is 0 Å². The predicted molar refractivity (Wildman–Crippen MR) is 79.8 cm³/mol. The average Bonchev–Trinajstić information content (AvgIpc) is 2.47. The molecule has 0 aliphatic carbocycles. The highest BCUT2D eigenvalue weighted by Crippen LogP contribution is 2.22. The highest BCUT2D eigenvalue weighted by atomic mass is 16.2. The van der Waals surface area contributed by atoms with Crippen LogP contribution in [0.15, 0.2) is 67.3 Å². The van der Waals surface area contributed by atoms with E-state index in [-0.39, 0.29) is 5.91 Å². The van der Waals surface area contributed by atoms with Crippen LogP contribution in [0.3, 0.4) is 0 Å². The summed E-state index contributed by atoms with van der Waals surface area (Å²) in [5, 5.41) is 3.29. The van der Waals surface area contributed by atoms with E-state index in [0.29, 0.717) is 0 Å². The number of nitrogens with zero attached hydrogens (tertiary/aromatic N) is 1. The number of carbonyl (C=O) groups excluding carboxylic acids is 1. The standard InChI is InChI=1S/C16H16N2O/c1-3-16(19)18(2)15-11-7-10-14(12-15)17-13-8-5-4-6-9-13/h3-12,17H,1H2,2H3. The fraction of sp³-hybridized carbons (Fsp3) is 0.0625. The minimum atomic E-state index is -0.128. The number of nitrogens with one attached hydrogen (secondary N) is 1. The average molecular weight is 252 g/mol. The van der Waals surface area contributed by atoms with Crippen molar-refractivity contribution in [2.75, 3.05) is 17.3 Å². The number of anilines is 3. The van der Waals surface area contributed by atoms with Crippen molar-refractivity contribution in [1.29, 1.82) is 0 Å². The second kappa shape index (κ2) is 5.87. The summed E-state index contributed by atoms with van der Waals surface area (Å²) in [5.41, 5.74) is 2.77. The van der Waals surface area contributed by atoms with Crippen molar-refractivity contribution in [1.82, 2.24) is 0 Å². The molecule has 0 radical (unpaired) electrons. The molecule has 0 aliphatic heterocycles. The Balaban J connectivity index is 2.20. The molecular weight excluding hydrogens is 236 g/mol. The maximum Gasteiger partial charge on any atom is 0.250 e. The zero-order chi connectivity index (χ0) is 13.7. The number of likely N-dealkylation sites (N-methyl/N-ethyl adjacent to an activating group) is 1. The summed E-state index contributed by atoms with van der Waals surface area (Å²) in [7, 11) is 1.73. The zero-order valence-corrected chi connectivity index (χ0v) is 10.8. The smallest absolute Gasteiger partial charge is 0.250 e. The van der Waals surface area contributed by atoms with Gasteiger partial charge < -0.3 is 10.2 Å². The lowest BCUT2D eigenvalue weighted by Gasteiger charge is -2.16. The molecule has 0 aliphatic rings. The lowest BCUT2D eigenvalue weighted by Crippen LogP contribution is -2.23. The number of hydrogen-bond donors (Lipinski definition) is 1. The van der Waals surface area contributed by atoms with E-state index in [0.717, 1.165) is 17.1 Å². The van der Waals surface area contributed by atoms with E-state index in [9.17, 15) is 4.79 Å². The summed E-state index contributed by atoms with van der Waals surface area (Å²) in [4.78, 5) is 13.1. The summed E-state index contributed by atoms with van der Waals surface area (Å²) in [6.07, 6.45) is 1.30. The van der Waals surface area contributed by atoms with Gasteiger partial charge in [0.05, 0.1) is 0 Å². The van der Waals surface area contributed by atoms with Gasteiger partial charge in [0.25, 0.3) is 0 Å². The Kier molecular flexibility index (Phi) is 3.98. The molecule has 2 aromatic carbocycles. The first-order valence-electron chi connectivity index (χ1n) is 6.03. The van der Waals surface area contributed by atoms with Crippen molar-refractivity contribution in [2.24, 2.45) is 0 Å². The molecule has 0 heterocycles. The van der Waals surface area contributed by atoms with Crippen molar-refractivity contribution in [2.45, 2.75) is 0 Å². The molecule has 2 rings (SSSR count). The van der Waals surface area contributed by atoms with Crippen LogP contribution >= 0.6 is 0 Å². The largest absolute Gasteiger partial charge is 0.355 e. The topological polar surface area (TPSA) is 32.3 Å². The second-order valence-corrected chi connectivity index (χ2v) is 4.14. The number of carbonyl (C=O) groups is 1. The Bertz CT molecular complexity index is 578. The first kappa shape index (κ1) is 12.9. The van der Waals surface area contributed by atoms with Gasteiger partial charge in [-0.15, -0.1) is 0 Å². The van der Waals surface area contributed by atoms with E-state index < -0.39 is 0 Å². The van der Waals surface area contributed by atoms with Crippen LogP contribution in [0.5, 0.6) is 0 Å². The van der Waals surface area contributed by atoms with Gasteiger partial charge in [0.2, 0.25) is 5.91 Å². The Labute approximate surface area is 113 Å².